The molecule has 1 N–H and O–H groups in total. The summed E-state index contributed by atoms with van der Waals surface area (Å²) < 4.78 is 5.19. The number of rotatable bonds is 6. The molecule has 0 bridgehead atoms. The molecule has 0 saturated carbocycles. The number of nitrogens with one attached hydrogen (secondary N) is 1. The van der Waals surface area contributed by atoms with Crippen LogP contribution in [0.15, 0.2) is 4.99 Å². The normalized spacial score (nSPS) is 20.9. The minimum Gasteiger partial charge on any atom is -0.381 e. The second-order valence-corrected chi connectivity index (χ2v) is 3.32. The fraction of sp³-hybridized carbons (Fsp3) is 0.800. The zero-order chi connectivity index (χ0) is 10.4. The first-order valence-corrected chi connectivity index (χ1v) is 5.23. The van der Waals surface area contributed by atoms with Crippen LogP contribution in [0.25, 0.3) is 0 Å². The SMILES string of the molecule is CCCC1N=C(CCOCC)NC1=O. The predicted molar refractivity (Wildman–Crippen MR) is 55.4 cm³/mol. The van der Waals surface area contributed by atoms with Gasteiger partial charge in [0.1, 0.15) is 11.9 Å². The molecule has 1 amide bonds. The molecular weight excluding hydrogens is 180 g/mol. The second kappa shape index (κ2) is 5.75. The number of amides is 1. The van der Waals surface area contributed by atoms with Gasteiger partial charge < -0.3 is 10.1 Å². The molecule has 0 aromatic heterocycles. The van der Waals surface area contributed by atoms with E-state index < -0.39 is 0 Å². The summed E-state index contributed by atoms with van der Waals surface area (Å²) in [7, 11) is 0. The molecule has 1 atom stereocenters. The smallest absolute Gasteiger partial charge is 0.250 e. The Hall–Kier alpha value is -0.900. The summed E-state index contributed by atoms with van der Waals surface area (Å²) in [5.74, 6) is 0.820. The van der Waals surface area contributed by atoms with Gasteiger partial charge in [-0.25, -0.2) is 0 Å². The van der Waals surface area contributed by atoms with Gasteiger partial charge in [0.25, 0.3) is 0 Å². The largest absolute Gasteiger partial charge is 0.381 e. The van der Waals surface area contributed by atoms with Crippen molar-refractivity contribution >= 4 is 11.7 Å². The molecule has 1 aliphatic rings. The van der Waals surface area contributed by atoms with E-state index in [1.54, 1.807) is 0 Å². The maximum Gasteiger partial charge on any atom is 0.250 e. The van der Waals surface area contributed by atoms with Crippen LogP contribution in [-0.4, -0.2) is 31.0 Å². The zero-order valence-electron chi connectivity index (χ0n) is 8.88. The Labute approximate surface area is 84.7 Å². The Morgan fingerprint density at radius 3 is 2.93 bits per heavy atom. The molecule has 0 fully saturated rings. The third-order valence-electron chi connectivity index (χ3n) is 2.13. The van der Waals surface area contributed by atoms with Gasteiger partial charge in [-0.2, -0.15) is 0 Å². The van der Waals surface area contributed by atoms with Crippen molar-refractivity contribution in [3.8, 4) is 0 Å². The number of aliphatic imine (C=N–C) groups is 1. The molecule has 4 nitrogen and oxygen atoms in total. The van der Waals surface area contributed by atoms with E-state index >= 15 is 0 Å². The van der Waals surface area contributed by atoms with Crippen LogP contribution in [0.2, 0.25) is 0 Å². The molecule has 0 saturated heterocycles. The van der Waals surface area contributed by atoms with Crippen LogP contribution in [-0.2, 0) is 9.53 Å². The summed E-state index contributed by atoms with van der Waals surface area (Å²) in [6.07, 6.45) is 2.53. The Kier molecular flexibility index (Phi) is 4.59. The monoisotopic (exact) mass is 198 g/mol. The lowest BCUT2D eigenvalue weighted by atomic mass is 10.2. The molecule has 1 rings (SSSR count). The molecule has 0 aromatic rings. The lowest BCUT2D eigenvalue weighted by Crippen LogP contribution is -2.29. The summed E-state index contributed by atoms with van der Waals surface area (Å²) in [5, 5.41) is 2.78. The van der Waals surface area contributed by atoms with Gasteiger partial charge >= 0.3 is 0 Å². The van der Waals surface area contributed by atoms with Crippen molar-refractivity contribution in [3.05, 3.63) is 0 Å². The van der Waals surface area contributed by atoms with Crippen LogP contribution in [0.4, 0.5) is 0 Å². The number of ether oxygens (including phenoxy) is 1. The van der Waals surface area contributed by atoms with E-state index in [0.29, 0.717) is 19.6 Å². The Balaban J connectivity index is 2.32. The average Bonchev–Trinajstić information content (AvgIpc) is 2.49. The van der Waals surface area contributed by atoms with E-state index in [-0.39, 0.29) is 11.9 Å². The van der Waals surface area contributed by atoms with E-state index in [1.165, 1.54) is 0 Å². The van der Waals surface area contributed by atoms with E-state index in [4.69, 9.17) is 4.74 Å². The Bertz CT molecular complexity index is 226. The van der Waals surface area contributed by atoms with Crippen molar-refractivity contribution < 1.29 is 9.53 Å². The van der Waals surface area contributed by atoms with Gasteiger partial charge in [-0.1, -0.05) is 13.3 Å². The summed E-state index contributed by atoms with van der Waals surface area (Å²) in [6, 6.07) is -0.156. The van der Waals surface area contributed by atoms with Crippen molar-refractivity contribution in [3.63, 3.8) is 0 Å². The molecule has 80 valence electrons. The van der Waals surface area contributed by atoms with Crippen LogP contribution < -0.4 is 5.32 Å². The molecule has 0 spiro atoms. The summed E-state index contributed by atoms with van der Waals surface area (Å²) in [5.41, 5.74) is 0. The van der Waals surface area contributed by atoms with Crippen LogP contribution in [0, 0.1) is 0 Å². The van der Waals surface area contributed by atoms with Crippen LogP contribution in [0.5, 0.6) is 0 Å². The number of carbonyl (C=O) groups excluding carboxylic acids is 1. The Morgan fingerprint density at radius 2 is 2.29 bits per heavy atom. The van der Waals surface area contributed by atoms with Gasteiger partial charge in [0, 0.05) is 13.0 Å². The third-order valence-corrected chi connectivity index (χ3v) is 2.13. The Morgan fingerprint density at radius 1 is 1.50 bits per heavy atom. The molecule has 1 aliphatic heterocycles. The maximum absolute atomic E-state index is 11.3. The molecule has 1 heterocycles. The van der Waals surface area contributed by atoms with Gasteiger partial charge in [-0.3, -0.25) is 9.79 Å². The van der Waals surface area contributed by atoms with Gasteiger partial charge in [-0.05, 0) is 13.3 Å². The minimum atomic E-state index is -0.156. The third kappa shape index (κ3) is 3.10. The fourth-order valence-electron chi connectivity index (χ4n) is 1.41. The van der Waals surface area contributed by atoms with E-state index in [0.717, 1.165) is 18.7 Å². The molecule has 0 radical (unpaired) electrons. The highest BCUT2D eigenvalue weighted by molar-refractivity contribution is 6.05. The van der Waals surface area contributed by atoms with E-state index in [1.807, 2.05) is 6.92 Å². The molecular formula is C10H18N2O2. The lowest BCUT2D eigenvalue weighted by molar-refractivity contribution is -0.120. The summed E-state index contributed by atoms with van der Waals surface area (Å²) in [6.45, 7) is 5.35. The second-order valence-electron chi connectivity index (χ2n) is 3.32. The topological polar surface area (TPSA) is 50.7 Å². The lowest BCUT2D eigenvalue weighted by Gasteiger charge is -2.00. The zero-order valence-corrected chi connectivity index (χ0v) is 8.88. The fourth-order valence-corrected chi connectivity index (χ4v) is 1.41. The molecule has 1 unspecified atom stereocenters. The van der Waals surface area contributed by atoms with Crippen LogP contribution in [0.3, 0.4) is 0 Å². The van der Waals surface area contributed by atoms with Crippen molar-refractivity contribution in [2.75, 3.05) is 13.2 Å². The molecule has 0 aliphatic carbocycles. The quantitative estimate of drug-likeness (QED) is 0.650. The van der Waals surface area contributed by atoms with Gasteiger partial charge in [0.15, 0.2) is 0 Å². The van der Waals surface area contributed by atoms with Crippen LogP contribution >= 0.6 is 0 Å². The van der Waals surface area contributed by atoms with Crippen molar-refractivity contribution in [1.29, 1.82) is 0 Å². The number of hydrogen-bond acceptors (Lipinski definition) is 3. The van der Waals surface area contributed by atoms with Crippen molar-refractivity contribution in [1.82, 2.24) is 5.32 Å². The predicted octanol–water partition coefficient (Wildman–Crippen LogP) is 1.11. The van der Waals surface area contributed by atoms with Gasteiger partial charge in [0.05, 0.1) is 6.61 Å². The van der Waals surface area contributed by atoms with Crippen molar-refractivity contribution in [2.24, 2.45) is 4.99 Å². The van der Waals surface area contributed by atoms with E-state index in [2.05, 4.69) is 17.2 Å². The van der Waals surface area contributed by atoms with Crippen LogP contribution in [0.1, 0.15) is 33.1 Å². The summed E-state index contributed by atoms with van der Waals surface area (Å²) >= 11 is 0. The van der Waals surface area contributed by atoms with Crippen molar-refractivity contribution in [2.45, 2.75) is 39.2 Å². The summed E-state index contributed by atoms with van der Waals surface area (Å²) in [4.78, 5) is 15.6. The highest BCUT2D eigenvalue weighted by atomic mass is 16.5. The first kappa shape index (κ1) is 11.2. The molecule has 0 aromatic carbocycles. The molecule has 14 heavy (non-hydrogen) atoms. The maximum atomic E-state index is 11.3. The number of carbonyl (C=O) groups is 1. The standard InChI is InChI=1S/C10H18N2O2/c1-3-5-8-10(13)12-9(11-8)6-7-14-4-2/h8H,3-7H2,1-2H3,(H,11,12,13). The first-order valence-electron chi connectivity index (χ1n) is 5.23. The molecule has 4 heteroatoms. The van der Waals surface area contributed by atoms with Gasteiger partial charge in [-0.15, -0.1) is 0 Å². The first-order chi connectivity index (χ1) is 6.77. The number of nitrogens with zero attached hydrogens (tertiary/aromatic N) is 1. The minimum absolute atomic E-state index is 0.0401. The average molecular weight is 198 g/mol. The highest BCUT2D eigenvalue weighted by Gasteiger charge is 2.24. The van der Waals surface area contributed by atoms with E-state index in [9.17, 15) is 4.79 Å². The van der Waals surface area contributed by atoms with Gasteiger partial charge in [0.2, 0.25) is 5.91 Å². The highest BCUT2D eigenvalue weighted by Crippen LogP contribution is 2.08. The number of amidine groups is 1. The number of hydrogen-bond donors (Lipinski definition) is 1.